The van der Waals surface area contributed by atoms with E-state index in [9.17, 15) is 0 Å². The van der Waals surface area contributed by atoms with E-state index < -0.39 is 0 Å². The molecule has 9 rings (SSSR count). The van der Waals surface area contributed by atoms with E-state index in [0.717, 1.165) is 33.3 Å². The molecule has 7 aromatic rings. The summed E-state index contributed by atoms with van der Waals surface area (Å²) < 4.78 is 6.08. The topological polar surface area (TPSA) is 25.2 Å². The van der Waals surface area contributed by atoms with Gasteiger partial charge in [0.15, 0.2) is 0 Å². The van der Waals surface area contributed by atoms with Gasteiger partial charge in [0.1, 0.15) is 11.2 Å². The summed E-state index contributed by atoms with van der Waals surface area (Å²) in [7, 11) is 0. The lowest BCUT2D eigenvalue weighted by atomic mass is 9.70. The summed E-state index contributed by atoms with van der Waals surface area (Å²) in [6, 6.07) is 48.2. The highest BCUT2D eigenvalue weighted by molar-refractivity contribution is 6.06. The minimum absolute atomic E-state index is 0. The molecule has 1 N–H and O–H groups in total. The van der Waals surface area contributed by atoms with Gasteiger partial charge in [0, 0.05) is 29.1 Å². The van der Waals surface area contributed by atoms with E-state index in [2.05, 4.69) is 127 Å². The number of hydrogen-bond acceptors (Lipinski definition) is 2. The van der Waals surface area contributed by atoms with Gasteiger partial charge in [0.2, 0.25) is 0 Å². The first-order valence-electron chi connectivity index (χ1n) is 13.4. The number of nitrogens with one attached hydrogen (secondary N) is 1. The van der Waals surface area contributed by atoms with Crippen molar-refractivity contribution < 1.29 is 5.84 Å². The number of rotatable bonds is 2. The molecule has 0 saturated carbocycles. The third-order valence-corrected chi connectivity index (χ3v) is 8.68. The number of anilines is 2. The van der Waals surface area contributed by atoms with Crippen molar-refractivity contribution >= 4 is 33.3 Å². The Morgan fingerprint density at radius 2 is 1.08 bits per heavy atom. The number of para-hydroxylation sites is 1. The first-order chi connectivity index (χ1) is 19.3. The molecule has 0 saturated heterocycles. The molecule has 0 aliphatic heterocycles. The minimum atomic E-state index is -0.332. The van der Waals surface area contributed by atoms with Crippen molar-refractivity contribution in [1.82, 2.24) is 0 Å². The van der Waals surface area contributed by atoms with E-state index in [-0.39, 0.29) is 6.84 Å². The molecule has 6 aromatic carbocycles. The molecule has 0 bridgehead atoms. The highest BCUT2D eigenvalue weighted by Gasteiger charge is 2.51. The predicted octanol–water partition coefficient (Wildman–Crippen LogP) is 9.92. The molecule has 0 atom stereocenters. The third-order valence-electron chi connectivity index (χ3n) is 8.68. The van der Waals surface area contributed by atoms with Crippen molar-refractivity contribution in [3.63, 3.8) is 0 Å². The first kappa shape index (κ1) is 20.9. The van der Waals surface area contributed by atoms with Crippen molar-refractivity contribution in [3.8, 4) is 22.3 Å². The van der Waals surface area contributed by atoms with Gasteiger partial charge in [-0.3, -0.25) is 0 Å². The molecule has 39 heavy (non-hydrogen) atoms. The van der Waals surface area contributed by atoms with Crippen LogP contribution in [0.2, 0.25) is 0 Å². The van der Waals surface area contributed by atoms with Crippen LogP contribution < -0.4 is 5.32 Å². The Kier molecular flexibility index (Phi) is 4.02. The van der Waals surface area contributed by atoms with Crippen molar-refractivity contribution in [3.05, 3.63) is 156 Å². The summed E-state index contributed by atoms with van der Waals surface area (Å²) in [6.07, 6.45) is 0. The fourth-order valence-corrected chi connectivity index (χ4v) is 7.21. The molecule has 1 heterocycles. The Balaban J connectivity index is 0.00000245. The van der Waals surface area contributed by atoms with Gasteiger partial charge in [-0.25, -0.2) is 0 Å². The number of benzene rings is 6. The summed E-state index contributed by atoms with van der Waals surface area (Å²) in [4.78, 5) is 0. The van der Waals surface area contributed by atoms with Gasteiger partial charge in [0.25, 0.3) is 0 Å². The fourth-order valence-electron chi connectivity index (χ4n) is 7.21. The lowest BCUT2D eigenvalue weighted by Crippen LogP contribution is -2.25. The predicted molar refractivity (Wildman–Crippen MR) is 162 cm³/mol. The largest absolute Gasteiger partial charge is 0.456 e. The van der Waals surface area contributed by atoms with Crippen LogP contribution in [0.4, 0.5) is 11.4 Å². The molecule has 2 heteroatoms. The first-order valence-corrected chi connectivity index (χ1v) is 13.4. The second-order valence-electron chi connectivity index (χ2n) is 10.5. The van der Waals surface area contributed by atoms with Gasteiger partial charge in [-0.2, -0.15) is 0 Å². The van der Waals surface area contributed by atoms with Crippen LogP contribution >= 0.6 is 0 Å². The van der Waals surface area contributed by atoms with Gasteiger partial charge >= 0.3 is 0 Å². The smallest absolute Gasteiger partial charge is 0.135 e. The van der Waals surface area contributed by atoms with Crippen LogP contribution in [0.3, 0.4) is 0 Å². The van der Waals surface area contributed by atoms with Gasteiger partial charge < -0.3 is 9.73 Å². The maximum absolute atomic E-state index is 6.08. The molecular weight excluding hydrogens is 474 g/mol. The average Bonchev–Trinajstić information content (AvgIpc) is 3.62. The fraction of sp³-hybridized carbons (Fsp3) is 0.0270. The Labute approximate surface area is 227 Å². The summed E-state index contributed by atoms with van der Waals surface area (Å²) in [5, 5.41) is 6.07. The Hall–Kier alpha value is -5.08. The lowest BCUT2D eigenvalue weighted by molar-refractivity contribution is 0.669. The van der Waals surface area contributed by atoms with Crippen LogP contribution in [-0.4, -0.2) is 0 Å². The zero-order chi connectivity index (χ0) is 25.6. The van der Waals surface area contributed by atoms with Gasteiger partial charge in [-0.1, -0.05) is 103 Å². The lowest BCUT2D eigenvalue weighted by Gasteiger charge is -2.30. The maximum Gasteiger partial charge on any atom is 0.135 e. The zero-order valence-electron chi connectivity index (χ0n) is 21.1. The molecule has 1 spiro atoms. The van der Waals surface area contributed by atoms with Crippen molar-refractivity contribution in [2.75, 3.05) is 5.32 Å². The quantitative estimate of drug-likeness (QED) is 0.256. The van der Waals surface area contributed by atoms with Crippen molar-refractivity contribution in [1.29, 1.82) is 0 Å². The van der Waals surface area contributed by atoms with Crippen LogP contribution in [0.1, 0.15) is 23.7 Å². The molecule has 2 aliphatic rings. The molecule has 2 aliphatic carbocycles. The van der Waals surface area contributed by atoms with Gasteiger partial charge in [-0.15, -0.1) is 0 Å². The summed E-state index contributed by atoms with van der Waals surface area (Å²) in [5.41, 5.74) is 14.3. The second-order valence-corrected chi connectivity index (χ2v) is 10.5. The standard InChI is InChI=1S/C37H23NO.H2/c1-5-14-29-24(10-1)25-11-2-6-15-30(25)37(29)31-16-7-3-13-27(31)36-32(37)17-9-18-33(36)38-23-20-21-35-28(22-23)26-12-4-8-19-34(26)39-35;/h1-22,38H;1H. The van der Waals surface area contributed by atoms with E-state index >= 15 is 0 Å². The average molecular weight is 500 g/mol. The molecule has 0 unspecified atom stereocenters. The Bertz CT molecular complexity index is 2080. The van der Waals surface area contributed by atoms with E-state index in [4.69, 9.17) is 4.42 Å². The zero-order valence-corrected chi connectivity index (χ0v) is 21.1. The monoisotopic (exact) mass is 499 g/mol. The molecule has 0 amide bonds. The van der Waals surface area contributed by atoms with Crippen LogP contribution in [0.15, 0.2) is 138 Å². The van der Waals surface area contributed by atoms with E-state index in [0.29, 0.717) is 0 Å². The van der Waals surface area contributed by atoms with Crippen LogP contribution in [0, 0.1) is 0 Å². The number of furan rings is 1. The normalized spacial score (nSPS) is 13.8. The summed E-state index contributed by atoms with van der Waals surface area (Å²) in [6.45, 7) is 0. The van der Waals surface area contributed by atoms with Crippen LogP contribution in [0.25, 0.3) is 44.2 Å². The van der Waals surface area contributed by atoms with E-state index in [1.807, 2.05) is 12.1 Å². The SMILES string of the molecule is [HH].c1ccc2c(c1)-c1ccccc1C21c2ccccc2-c2c(Nc3ccc4oc5ccccc5c4c3)cccc21. The number of fused-ring (bicyclic) bond motifs is 13. The van der Waals surface area contributed by atoms with Crippen LogP contribution in [-0.2, 0) is 5.41 Å². The van der Waals surface area contributed by atoms with E-state index in [1.165, 1.54) is 44.5 Å². The molecule has 0 radical (unpaired) electrons. The van der Waals surface area contributed by atoms with Gasteiger partial charge in [-0.05, 0) is 69.3 Å². The summed E-state index contributed by atoms with van der Waals surface area (Å²) in [5.74, 6) is 0. The highest BCUT2D eigenvalue weighted by Crippen LogP contribution is 2.63. The molecule has 2 nitrogen and oxygen atoms in total. The van der Waals surface area contributed by atoms with Crippen molar-refractivity contribution in [2.24, 2.45) is 0 Å². The Morgan fingerprint density at radius 1 is 0.487 bits per heavy atom. The van der Waals surface area contributed by atoms with Gasteiger partial charge in [0.05, 0.1) is 5.41 Å². The highest BCUT2D eigenvalue weighted by atomic mass is 16.3. The van der Waals surface area contributed by atoms with E-state index in [1.54, 1.807) is 0 Å². The van der Waals surface area contributed by atoms with Crippen LogP contribution in [0.5, 0.6) is 0 Å². The molecule has 0 fully saturated rings. The second kappa shape index (κ2) is 7.49. The third kappa shape index (κ3) is 2.60. The van der Waals surface area contributed by atoms with Crippen molar-refractivity contribution in [2.45, 2.75) is 5.41 Å². The molecule has 1 aromatic heterocycles. The minimum Gasteiger partial charge on any atom is -0.456 e. The molecular formula is C37H25NO. The molecule has 184 valence electrons. The summed E-state index contributed by atoms with van der Waals surface area (Å²) >= 11 is 0. The maximum atomic E-state index is 6.08. The Morgan fingerprint density at radius 3 is 1.85 bits per heavy atom. The number of hydrogen-bond donors (Lipinski definition) is 1.